The summed E-state index contributed by atoms with van der Waals surface area (Å²) < 4.78 is 5.41. The normalized spacial score (nSPS) is 20.7. The number of hydrogen-bond acceptors (Lipinski definition) is 4. The predicted molar refractivity (Wildman–Crippen MR) is 74.2 cm³/mol. The topological polar surface area (TPSA) is 47.0 Å². The number of nitrogens with one attached hydrogen (secondary N) is 1. The number of ether oxygens (including phenoxy) is 1. The second kappa shape index (κ2) is 5.55. The summed E-state index contributed by atoms with van der Waals surface area (Å²) in [6.07, 6.45) is 4.75. The van der Waals surface area contributed by atoms with Gasteiger partial charge in [0.15, 0.2) is 0 Å². The van der Waals surface area contributed by atoms with E-state index in [1.54, 1.807) is 0 Å². The third kappa shape index (κ3) is 3.12. The molecule has 4 heteroatoms. The monoisotopic (exact) mass is 261 g/mol. The van der Waals surface area contributed by atoms with Crippen LogP contribution in [0.15, 0.2) is 0 Å². The Morgan fingerprint density at radius 3 is 2.26 bits per heavy atom. The molecule has 2 fully saturated rings. The Hall–Kier alpha value is -1.00. The molecule has 0 unspecified atom stereocenters. The Morgan fingerprint density at radius 2 is 1.68 bits per heavy atom. The van der Waals surface area contributed by atoms with Gasteiger partial charge in [-0.05, 0) is 39.5 Å². The number of aryl methyl sites for hydroxylation is 2. The highest BCUT2D eigenvalue weighted by molar-refractivity contribution is 5.25. The average Bonchev–Trinajstić information content (AvgIpc) is 3.23. The van der Waals surface area contributed by atoms with Crippen molar-refractivity contribution in [3.63, 3.8) is 0 Å². The van der Waals surface area contributed by atoms with Gasteiger partial charge in [-0.25, -0.2) is 9.97 Å². The Morgan fingerprint density at radius 1 is 1.05 bits per heavy atom. The first-order valence-corrected chi connectivity index (χ1v) is 7.39. The van der Waals surface area contributed by atoms with Crippen molar-refractivity contribution in [3.8, 4) is 0 Å². The standard InChI is InChI=1S/C15H23N3O/c1-10-14(9-16-13-3-4-13)11(2)18-15(17-10)12-5-7-19-8-6-12/h12-13,16H,3-9H2,1-2H3. The Bertz CT molecular complexity index is 428. The van der Waals surface area contributed by atoms with Crippen LogP contribution in [0.4, 0.5) is 0 Å². The van der Waals surface area contributed by atoms with E-state index in [1.165, 1.54) is 18.4 Å². The number of aromatic nitrogens is 2. The molecule has 1 saturated heterocycles. The van der Waals surface area contributed by atoms with Gasteiger partial charge in [-0.15, -0.1) is 0 Å². The number of rotatable bonds is 4. The second-order valence-corrected chi connectivity index (χ2v) is 5.77. The van der Waals surface area contributed by atoms with E-state index in [-0.39, 0.29) is 0 Å². The van der Waals surface area contributed by atoms with Crippen LogP contribution in [-0.2, 0) is 11.3 Å². The summed E-state index contributed by atoms with van der Waals surface area (Å²) in [7, 11) is 0. The molecule has 0 spiro atoms. The van der Waals surface area contributed by atoms with Gasteiger partial charge < -0.3 is 10.1 Å². The second-order valence-electron chi connectivity index (χ2n) is 5.77. The number of nitrogens with zero attached hydrogens (tertiary/aromatic N) is 2. The minimum absolute atomic E-state index is 0.483. The third-order valence-corrected chi connectivity index (χ3v) is 4.17. The summed E-state index contributed by atoms with van der Waals surface area (Å²) in [5.41, 5.74) is 3.56. The van der Waals surface area contributed by atoms with E-state index in [2.05, 4.69) is 19.2 Å². The van der Waals surface area contributed by atoms with Crippen LogP contribution >= 0.6 is 0 Å². The highest BCUT2D eigenvalue weighted by Crippen LogP contribution is 2.26. The van der Waals surface area contributed by atoms with Gasteiger partial charge in [-0.3, -0.25) is 0 Å². The van der Waals surface area contributed by atoms with Gasteiger partial charge in [0.2, 0.25) is 0 Å². The van der Waals surface area contributed by atoms with Crippen LogP contribution in [-0.4, -0.2) is 29.2 Å². The van der Waals surface area contributed by atoms with Crippen LogP contribution in [0.3, 0.4) is 0 Å². The van der Waals surface area contributed by atoms with Gasteiger partial charge in [0.25, 0.3) is 0 Å². The van der Waals surface area contributed by atoms with E-state index in [0.717, 1.165) is 55.9 Å². The van der Waals surface area contributed by atoms with E-state index >= 15 is 0 Å². The lowest BCUT2D eigenvalue weighted by Gasteiger charge is -2.22. The first-order valence-electron chi connectivity index (χ1n) is 7.39. The predicted octanol–water partition coefficient (Wildman–Crippen LogP) is 2.24. The Kier molecular flexibility index (Phi) is 3.80. The maximum Gasteiger partial charge on any atom is 0.132 e. The van der Waals surface area contributed by atoms with Crippen LogP contribution in [0.1, 0.15) is 54.4 Å². The molecule has 1 aromatic heterocycles. The van der Waals surface area contributed by atoms with Crippen molar-refractivity contribution in [2.45, 2.75) is 58.0 Å². The van der Waals surface area contributed by atoms with E-state index in [9.17, 15) is 0 Å². The molecule has 104 valence electrons. The van der Waals surface area contributed by atoms with Crippen LogP contribution in [0, 0.1) is 13.8 Å². The zero-order valence-electron chi connectivity index (χ0n) is 11.9. The van der Waals surface area contributed by atoms with Gasteiger partial charge in [0.1, 0.15) is 5.82 Å². The van der Waals surface area contributed by atoms with E-state index in [1.807, 2.05) is 0 Å². The molecular formula is C15H23N3O. The zero-order valence-corrected chi connectivity index (χ0v) is 11.9. The average molecular weight is 261 g/mol. The lowest BCUT2D eigenvalue weighted by molar-refractivity contribution is 0.0835. The fraction of sp³-hybridized carbons (Fsp3) is 0.733. The molecule has 2 heterocycles. The highest BCUT2D eigenvalue weighted by atomic mass is 16.5. The van der Waals surface area contributed by atoms with Crippen LogP contribution in [0.5, 0.6) is 0 Å². The molecule has 1 saturated carbocycles. The van der Waals surface area contributed by atoms with E-state index in [0.29, 0.717) is 5.92 Å². The first kappa shape index (κ1) is 13.0. The van der Waals surface area contributed by atoms with Crippen molar-refractivity contribution in [2.75, 3.05) is 13.2 Å². The summed E-state index contributed by atoms with van der Waals surface area (Å²) in [6, 6.07) is 0.731. The fourth-order valence-electron chi connectivity index (χ4n) is 2.69. The molecule has 1 aliphatic carbocycles. The molecule has 3 rings (SSSR count). The highest BCUT2D eigenvalue weighted by Gasteiger charge is 2.23. The number of hydrogen-bond donors (Lipinski definition) is 1. The molecule has 4 nitrogen and oxygen atoms in total. The molecule has 1 N–H and O–H groups in total. The lowest BCUT2D eigenvalue weighted by Crippen LogP contribution is -2.21. The lowest BCUT2D eigenvalue weighted by atomic mass is 9.98. The minimum atomic E-state index is 0.483. The van der Waals surface area contributed by atoms with Crippen LogP contribution < -0.4 is 5.32 Å². The maximum absolute atomic E-state index is 5.41. The maximum atomic E-state index is 5.41. The van der Waals surface area contributed by atoms with Crippen LogP contribution in [0.25, 0.3) is 0 Å². The molecule has 0 radical (unpaired) electrons. The quantitative estimate of drug-likeness (QED) is 0.903. The van der Waals surface area contributed by atoms with Crippen molar-refractivity contribution >= 4 is 0 Å². The summed E-state index contributed by atoms with van der Waals surface area (Å²) in [5.74, 6) is 1.50. The van der Waals surface area contributed by atoms with Gasteiger partial charge in [0, 0.05) is 48.7 Å². The van der Waals surface area contributed by atoms with Gasteiger partial charge >= 0.3 is 0 Å². The largest absolute Gasteiger partial charge is 0.381 e. The molecule has 2 aliphatic rings. The molecule has 1 aliphatic heterocycles. The van der Waals surface area contributed by atoms with E-state index in [4.69, 9.17) is 14.7 Å². The van der Waals surface area contributed by atoms with Crippen molar-refractivity contribution in [2.24, 2.45) is 0 Å². The zero-order chi connectivity index (χ0) is 13.2. The van der Waals surface area contributed by atoms with Crippen molar-refractivity contribution in [1.29, 1.82) is 0 Å². The SMILES string of the molecule is Cc1nc(C2CCOCC2)nc(C)c1CNC1CC1. The van der Waals surface area contributed by atoms with Crippen molar-refractivity contribution < 1.29 is 4.74 Å². The van der Waals surface area contributed by atoms with E-state index < -0.39 is 0 Å². The van der Waals surface area contributed by atoms with Gasteiger partial charge in [-0.2, -0.15) is 0 Å². The minimum Gasteiger partial charge on any atom is -0.381 e. The Labute approximate surface area is 115 Å². The smallest absolute Gasteiger partial charge is 0.132 e. The molecular weight excluding hydrogens is 238 g/mol. The summed E-state index contributed by atoms with van der Waals surface area (Å²) >= 11 is 0. The molecule has 0 amide bonds. The van der Waals surface area contributed by atoms with Gasteiger partial charge in [0.05, 0.1) is 0 Å². The summed E-state index contributed by atoms with van der Waals surface area (Å²) in [6.45, 7) is 6.83. The molecule has 0 atom stereocenters. The molecule has 0 aromatic carbocycles. The van der Waals surface area contributed by atoms with Crippen LogP contribution in [0.2, 0.25) is 0 Å². The Balaban J connectivity index is 1.75. The third-order valence-electron chi connectivity index (χ3n) is 4.17. The fourth-order valence-corrected chi connectivity index (χ4v) is 2.69. The van der Waals surface area contributed by atoms with Gasteiger partial charge in [-0.1, -0.05) is 0 Å². The molecule has 0 bridgehead atoms. The van der Waals surface area contributed by atoms with Crippen molar-refractivity contribution in [3.05, 3.63) is 22.8 Å². The summed E-state index contributed by atoms with van der Waals surface area (Å²) in [4.78, 5) is 9.50. The first-order chi connectivity index (χ1) is 9.24. The molecule has 19 heavy (non-hydrogen) atoms. The summed E-state index contributed by atoms with van der Waals surface area (Å²) in [5, 5.41) is 3.55. The molecule has 1 aromatic rings. The van der Waals surface area contributed by atoms with Crippen molar-refractivity contribution in [1.82, 2.24) is 15.3 Å².